The first-order chi connectivity index (χ1) is 18.7. The second-order valence-electron chi connectivity index (χ2n) is 9.38. The normalized spacial score (nSPS) is 16.9. The standard InChI is InChI=1S/C27H37N3O9.ClH/c1-4-26(38-19(3)31)39-27(35)28-12-10-21(11-13-28)29-14-15-30(24(33)17-29)16-23(32)20-6-8-22(9-7-20)37-18-25(34)36-5-2;/h6-9,21,26H,4-5,10-18H2,1-3H3;1H. The monoisotopic (exact) mass is 583 g/mol. The Labute approximate surface area is 240 Å². The minimum atomic E-state index is -0.899. The zero-order valence-corrected chi connectivity index (χ0v) is 24.0. The highest BCUT2D eigenvalue weighted by atomic mass is 35.5. The number of benzene rings is 1. The number of carbonyl (C=O) groups is 5. The van der Waals surface area contributed by atoms with Gasteiger partial charge in [0.15, 0.2) is 12.4 Å². The third-order valence-electron chi connectivity index (χ3n) is 6.62. The Kier molecular flexibility index (Phi) is 13.1. The van der Waals surface area contributed by atoms with Gasteiger partial charge in [-0.2, -0.15) is 0 Å². The summed E-state index contributed by atoms with van der Waals surface area (Å²) in [6.45, 7) is 7.05. The maximum atomic E-state index is 12.8. The quantitative estimate of drug-likeness (QED) is 0.217. The molecule has 2 fully saturated rings. The number of piperidine rings is 1. The fourth-order valence-corrected chi connectivity index (χ4v) is 4.53. The number of carbonyl (C=O) groups excluding carboxylic acids is 5. The van der Waals surface area contributed by atoms with E-state index in [1.807, 2.05) is 0 Å². The number of halogens is 1. The van der Waals surface area contributed by atoms with Crippen LogP contribution in [0.2, 0.25) is 0 Å². The van der Waals surface area contributed by atoms with Crippen LogP contribution in [0.3, 0.4) is 0 Å². The van der Waals surface area contributed by atoms with Crippen LogP contribution in [0.4, 0.5) is 4.79 Å². The molecule has 0 saturated carbocycles. The van der Waals surface area contributed by atoms with Crippen molar-refractivity contribution in [3.05, 3.63) is 29.8 Å². The van der Waals surface area contributed by atoms with Gasteiger partial charge in [0.1, 0.15) is 5.75 Å². The van der Waals surface area contributed by atoms with Crippen LogP contribution in [-0.2, 0) is 28.6 Å². The summed E-state index contributed by atoms with van der Waals surface area (Å²) in [5, 5.41) is 0. The molecule has 0 radical (unpaired) electrons. The van der Waals surface area contributed by atoms with Crippen LogP contribution in [0.1, 0.15) is 50.4 Å². The second kappa shape index (κ2) is 16.0. The number of Topliss-reactive ketones (excluding diaryl/α,β-unsaturated/α-hetero) is 1. The topological polar surface area (TPSA) is 132 Å². The van der Waals surface area contributed by atoms with Crippen LogP contribution in [0.5, 0.6) is 5.75 Å². The summed E-state index contributed by atoms with van der Waals surface area (Å²) in [5.41, 5.74) is 0.451. The van der Waals surface area contributed by atoms with Gasteiger partial charge in [0.2, 0.25) is 12.2 Å². The SMILES string of the molecule is CCOC(=O)COc1ccc(C(=O)CN2CCN(C3CCN(C(=O)OC(CC)OC(C)=O)CC3)CC2=O)cc1.Cl. The molecule has 1 unspecified atom stereocenters. The molecule has 12 nitrogen and oxygen atoms in total. The second-order valence-corrected chi connectivity index (χ2v) is 9.38. The van der Waals surface area contributed by atoms with Gasteiger partial charge in [0.05, 0.1) is 19.7 Å². The number of hydrogen-bond donors (Lipinski definition) is 0. The molecule has 1 aromatic carbocycles. The molecule has 0 aromatic heterocycles. The van der Waals surface area contributed by atoms with Crippen molar-refractivity contribution in [2.24, 2.45) is 0 Å². The Morgan fingerprint density at radius 3 is 2.23 bits per heavy atom. The van der Waals surface area contributed by atoms with E-state index >= 15 is 0 Å². The predicted molar refractivity (Wildman–Crippen MR) is 145 cm³/mol. The van der Waals surface area contributed by atoms with Gasteiger partial charge in [0.25, 0.3) is 0 Å². The third-order valence-corrected chi connectivity index (χ3v) is 6.62. The number of piperazine rings is 1. The van der Waals surface area contributed by atoms with E-state index in [9.17, 15) is 24.0 Å². The van der Waals surface area contributed by atoms with E-state index in [1.165, 1.54) is 6.92 Å². The van der Waals surface area contributed by atoms with Crippen molar-refractivity contribution in [3.63, 3.8) is 0 Å². The maximum Gasteiger partial charge on any atom is 0.412 e. The molecule has 40 heavy (non-hydrogen) atoms. The van der Waals surface area contributed by atoms with Crippen LogP contribution < -0.4 is 4.74 Å². The van der Waals surface area contributed by atoms with Crippen LogP contribution in [0.25, 0.3) is 0 Å². The molecule has 2 amide bonds. The maximum absolute atomic E-state index is 12.8. The van der Waals surface area contributed by atoms with Crippen molar-refractivity contribution in [1.82, 2.24) is 14.7 Å². The molecule has 2 heterocycles. The number of likely N-dealkylation sites (tertiary alicyclic amines) is 1. The summed E-state index contributed by atoms with van der Waals surface area (Å²) in [4.78, 5) is 65.8. The first-order valence-corrected chi connectivity index (χ1v) is 13.3. The molecule has 0 aliphatic carbocycles. The lowest BCUT2D eigenvalue weighted by Crippen LogP contribution is -2.56. The number of esters is 2. The van der Waals surface area contributed by atoms with Crippen LogP contribution in [0.15, 0.2) is 24.3 Å². The average molecular weight is 584 g/mol. The largest absolute Gasteiger partial charge is 0.482 e. The first-order valence-electron chi connectivity index (χ1n) is 13.3. The summed E-state index contributed by atoms with van der Waals surface area (Å²) in [7, 11) is 0. The van der Waals surface area contributed by atoms with Gasteiger partial charge in [-0.25, -0.2) is 9.59 Å². The van der Waals surface area contributed by atoms with E-state index in [2.05, 4.69) is 4.90 Å². The predicted octanol–water partition coefficient (Wildman–Crippen LogP) is 2.28. The van der Waals surface area contributed by atoms with Crippen LogP contribution in [-0.4, -0.2) is 109 Å². The van der Waals surface area contributed by atoms with Crippen molar-refractivity contribution < 1.29 is 42.9 Å². The van der Waals surface area contributed by atoms with Crippen molar-refractivity contribution in [2.75, 3.05) is 52.5 Å². The third kappa shape index (κ3) is 9.67. The van der Waals surface area contributed by atoms with Gasteiger partial charge in [0, 0.05) is 51.1 Å². The fraction of sp³-hybridized carbons (Fsp3) is 0.593. The summed E-state index contributed by atoms with van der Waals surface area (Å²) in [5.74, 6) is -0.824. The highest BCUT2D eigenvalue weighted by molar-refractivity contribution is 5.99. The van der Waals surface area contributed by atoms with Crippen LogP contribution in [0, 0.1) is 0 Å². The summed E-state index contributed by atoms with van der Waals surface area (Å²) in [6.07, 6.45) is 0.336. The molecular weight excluding hydrogens is 546 g/mol. The van der Waals surface area contributed by atoms with Gasteiger partial charge in [-0.1, -0.05) is 6.92 Å². The number of ether oxygens (including phenoxy) is 4. The lowest BCUT2D eigenvalue weighted by Gasteiger charge is -2.42. The summed E-state index contributed by atoms with van der Waals surface area (Å²) >= 11 is 0. The number of amides is 2. The number of hydrogen-bond acceptors (Lipinski definition) is 10. The molecular formula is C27H38ClN3O9. The molecule has 0 spiro atoms. The van der Waals surface area contributed by atoms with E-state index in [0.29, 0.717) is 56.8 Å². The van der Waals surface area contributed by atoms with E-state index in [-0.39, 0.29) is 56.4 Å². The van der Waals surface area contributed by atoms with Crippen molar-refractivity contribution in [1.29, 1.82) is 0 Å². The lowest BCUT2D eigenvalue weighted by molar-refractivity contribution is -0.167. The van der Waals surface area contributed by atoms with Gasteiger partial charge in [-0.3, -0.25) is 19.3 Å². The minimum Gasteiger partial charge on any atom is -0.482 e. The molecule has 3 rings (SSSR count). The molecule has 0 N–H and O–H groups in total. The molecule has 1 atom stereocenters. The average Bonchev–Trinajstić information content (AvgIpc) is 2.92. The zero-order chi connectivity index (χ0) is 28.4. The highest BCUT2D eigenvalue weighted by Gasteiger charge is 2.33. The highest BCUT2D eigenvalue weighted by Crippen LogP contribution is 2.21. The number of nitrogens with zero attached hydrogens (tertiary/aromatic N) is 3. The molecule has 222 valence electrons. The summed E-state index contributed by atoms with van der Waals surface area (Å²) in [6, 6.07) is 6.57. The Bertz CT molecular complexity index is 1030. The van der Waals surface area contributed by atoms with Crippen molar-refractivity contribution in [2.45, 2.75) is 52.4 Å². The molecule has 2 aliphatic rings. The number of rotatable bonds is 11. The minimum absolute atomic E-state index is 0. The lowest BCUT2D eigenvalue weighted by atomic mass is 10.0. The van der Waals surface area contributed by atoms with Gasteiger partial charge in [-0.05, 0) is 44.0 Å². The van der Waals surface area contributed by atoms with E-state index < -0.39 is 24.3 Å². The van der Waals surface area contributed by atoms with Crippen molar-refractivity contribution in [3.8, 4) is 5.75 Å². The first kappa shape index (κ1) is 32.8. The van der Waals surface area contributed by atoms with Gasteiger partial charge < -0.3 is 28.7 Å². The molecule has 2 saturated heterocycles. The molecule has 1 aromatic rings. The van der Waals surface area contributed by atoms with Crippen molar-refractivity contribution >= 4 is 42.1 Å². The Morgan fingerprint density at radius 1 is 0.975 bits per heavy atom. The van der Waals surface area contributed by atoms with E-state index in [1.54, 1.807) is 47.9 Å². The molecule has 13 heteroatoms. The van der Waals surface area contributed by atoms with Gasteiger partial charge in [-0.15, -0.1) is 12.4 Å². The molecule has 0 bridgehead atoms. The Balaban J connectivity index is 0.00000560. The van der Waals surface area contributed by atoms with E-state index in [0.717, 1.165) is 0 Å². The van der Waals surface area contributed by atoms with Gasteiger partial charge >= 0.3 is 18.0 Å². The van der Waals surface area contributed by atoms with E-state index in [4.69, 9.17) is 18.9 Å². The Morgan fingerprint density at radius 2 is 1.65 bits per heavy atom. The molecule has 2 aliphatic heterocycles. The van der Waals surface area contributed by atoms with Crippen LogP contribution >= 0.6 is 12.4 Å². The fourth-order valence-electron chi connectivity index (χ4n) is 4.53. The number of ketones is 1. The Hall–Kier alpha value is -3.38. The smallest absolute Gasteiger partial charge is 0.412 e. The zero-order valence-electron chi connectivity index (χ0n) is 23.2. The summed E-state index contributed by atoms with van der Waals surface area (Å²) < 4.78 is 20.4.